The lowest BCUT2D eigenvalue weighted by atomic mass is 9.95. The van der Waals surface area contributed by atoms with E-state index in [2.05, 4.69) is 5.32 Å². The van der Waals surface area contributed by atoms with Gasteiger partial charge in [0, 0.05) is 12.6 Å². The molecule has 20 heavy (non-hydrogen) atoms. The second-order valence-electron chi connectivity index (χ2n) is 5.93. The molecular weight excluding hydrogens is 250 g/mol. The van der Waals surface area contributed by atoms with E-state index >= 15 is 0 Å². The van der Waals surface area contributed by atoms with Crippen molar-refractivity contribution < 1.29 is 9.84 Å². The molecule has 1 aliphatic rings. The maximum Gasteiger partial charge on any atom is 0.125 e. The molecule has 0 saturated heterocycles. The first-order chi connectivity index (χ1) is 9.66. The Kier molecular flexibility index (Phi) is 5.86. The van der Waals surface area contributed by atoms with Gasteiger partial charge in [-0.25, -0.2) is 0 Å². The summed E-state index contributed by atoms with van der Waals surface area (Å²) in [6, 6.07) is 6.68. The first-order valence-corrected chi connectivity index (χ1v) is 7.77. The van der Waals surface area contributed by atoms with Gasteiger partial charge in [0.15, 0.2) is 0 Å². The molecule has 2 N–H and O–H groups in total. The number of hydrogen-bond donors (Lipinski definition) is 2. The summed E-state index contributed by atoms with van der Waals surface area (Å²) < 4.78 is 5.78. The number of benzene rings is 1. The number of aliphatic hydroxyl groups is 1. The maximum atomic E-state index is 10.0. The molecule has 0 amide bonds. The fourth-order valence-corrected chi connectivity index (χ4v) is 2.87. The summed E-state index contributed by atoms with van der Waals surface area (Å²) in [7, 11) is 0. The van der Waals surface area contributed by atoms with E-state index in [1.807, 2.05) is 32.0 Å². The predicted octanol–water partition coefficient (Wildman–Crippen LogP) is 2.97. The molecule has 1 aliphatic carbocycles. The lowest BCUT2D eigenvalue weighted by Gasteiger charge is -2.24. The highest BCUT2D eigenvalue weighted by Gasteiger charge is 2.15. The van der Waals surface area contributed by atoms with Crippen molar-refractivity contribution in [3.63, 3.8) is 0 Å². The molecule has 1 saturated carbocycles. The number of aryl methyl sites for hydroxylation is 2. The van der Waals surface area contributed by atoms with E-state index in [-0.39, 0.29) is 0 Å². The maximum absolute atomic E-state index is 10.0. The fraction of sp³-hybridized carbons (Fsp3) is 0.647. The van der Waals surface area contributed by atoms with Crippen molar-refractivity contribution in [2.75, 3.05) is 13.2 Å². The van der Waals surface area contributed by atoms with Crippen molar-refractivity contribution >= 4 is 0 Å². The second-order valence-corrected chi connectivity index (χ2v) is 5.93. The lowest BCUT2D eigenvalue weighted by molar-refractivity contribution is 0.101. The van der Waals surface area contributed by atoms with E-state index < -0.39 is 6.10 Å². The van der Waals surface area contributed by atoms with Gasteiger partial charge in [-0.3, -0.25) is 0 Å². The largest absolute Gasteiger partial charge is 0.490 e. The van der Waals surface area contributed by atoms with E-state index in [0.717, 1.165) is 16.9 Å². The predicted molar refractivity (Wildman–Crippen MR) is 82.3 cm³/mol. The van der Waals surface area contributed by atoms with Crippen LogP contribution in [0.1, 0.15) is 43.2 Å². The van der Waals surface area contributed by atoms with Crippen LogP contribution < -0.4 is 10.1 Å². The Balaban J connectivity index is 1.73. The molecule has 0 aliphatic heterocycles. The molecule has 3 heteroatoms. The Morgan fingerprint density at radius 3 is 2.50 bits per heavy atom. The van der Waals surface area contributed by atoms with Crippen LogP contribution in [-0.2, 0) is 0 Å². The van der Waals surface area contributed by atoms with Crippen molar-refractivity contribution in [1.29, 1.82) is 0 Å². The molecule has 0 heterocycles. The average molecular weight is 277 g/mol. The molecule has 112 valence electrons. The van der Waals surface area contributed by atoms with Gasteiger partial charge in [0.25, 0.3) is 0 Å². The van der Waals surface area contributed by atoms with Crippen LogP contribution >= 0.6 is 0 Å². The molecule has 3 nitrogen and oxygen atoms in total. The van der Waals surface area contributed by atoms with Crippen LogP contribution in [0.25, 0.3) is 0 Å². The van der Waals surface area contributed by atoms with Crippen LogP contribution in [-0.4, -0.2) is 30.4 Å². The average Bonchev–Trinajstić information content (AvgIpc) is 2.46. The Bertz CT molecular complexity index is 393. The number of rotatable bonds is 6. The minimum atomic E-state index is -0.448. The van der Waals surface area contributed by atoms with Crippen LogP contribution in [0.4, 0.5) is 0 Å². The summed E-state index contributed by atoms with van der Waals surface area (Å²) in [6.07, 6.45) is 6.01. The zero-order valence-electron chi connectivity index (χ0n) is 12.7. The number of hydrogen-bond acceptors (Lipinski definition) is 3. The zero-order valence-corrected chi connectivity index (χ0v) is 12.7. The number of aliphatic hydroxyl groups excluding tert-OH is 1. The first kappa shape index (κ1) is 15.3. The van der Waals surface area contributed by atoms with Crippen molar-refractivity contribution in [2.24, 2.45) is 0 Å². The lowest BCUT2D eigenvalue weighted by Crippen LogP contribution is -2.39. The quantitative estimate of drug-likeness (QED) is 0.840. The van der Waals surface area contributed by atoms with Crippen LogP contribution in [0.5, 0.6) is 5.75 Å². The van der Waals surface area contributed by atoms with E-state index in [1.165, 1.54) is 32.1 Å². The standard InChI is InChI=1S/C17H27NO2/c1-13-7-6-8-14(2)17(13)20-12-16(19)11-18-15-9-4-3-5-10-15/h6-8,15-16,18-19H,3-5,9-12H2,1-2H3. The molecule has 1 atom stereocenters. The number of ether oxygens (including phenoxy) is 1. The van der Waals surface area contributed by atoms with Gasteiger partial charge in [-0.2, -0.15) is 0 Å². The van der Waals surface area contributed by atoms with Gasteiger partial charge in [-0.1, -0.05) is 37.5 Å². The summed E-state index contributed by atoms with van der Waals surface area (Å²) >= 11 is 0. The first-order valence-electron chi connectivity index (χ1n) is 7.77. The SMILES string of the molecule is Cc1cccc(C)c1OCC(O)CNC1CCCCC1. The van der Waals surface area contributed by atoms with Crippen molar-refractivity contribution in [3.05, 3.63) is 29.3 Å². The highest BCUT2D eigenvalue weighted by atomic mass is 16.5. The zero-order chi connectivity index (χ0) is 14.4. The smallest absolute Gasteiger partial charge is 0.125 e. The van der Waals surface area contributed by atoms with Crippen molar-refractivity contribution in [1.82, 2.24) is 5.32 Å². The molecule has 1 unspecified atom stereocenters. The van der Waals surface area contributed by atoms with Crippen LogP contribution in [0, 0.1) is 13.8 Å². The van der Waals surface area contributed by atoms with Gasteiger partial charge in [-0.15, -0.1) is 0 Å². The molecule has 0 spiro atoms. The van der Waals surface area contributed by atoms with Gasteiger partial charge in [0.2, 0.25) is 0 Å². The monoisotopic (exact) mass is 277 g/mol. The highest BCUT2D eigenvalue weighted by Crippen LogP contribution is 2.22. The number of nitrogens with one attached hydrogen (secondary N) is 1. The number of para-hydroxylation sites is 1. The van der Waals surface area contributed by atoms with Gasteiger partial charge in [0.1, 0.15) is 18.5 Å². The van der Waals surface area contributed by atoms with E-state index in [9.17, 15) is 5.11 Å². The second kappa shape index (κ2) is 7.65. The highest BCUT2D eigenvalue weighted by molar-refractivity contribution is 5.39. The Morgan fingerprint density at radius 1 is 1.20 bits per heavy atom. The minimum absolute atomic E-state index is 0.353. The third kappa shape index (κ3) is 4.50. The van der Waals surface area contributed by atoms with Crippen molar-refractivity contribution in [3.8, 4) is 5.75 Å². The third-order valence-corrected chi connectivity index (χ3v) is 4.08. The molecular formula is C17H27NO2. The van der Waals surface area contributed by atoms with E-state index in [4.69, 9.17) is 4.74 Å². The molecule has 1 fully saturated rings. The summed E-state index contributed by atoms with van der Waals surface area (Å²) in [5.74, 6) is 0.907. The molecule has 0 radical (unpaired) electrons. The van der Waals surface area contributed by atoms with Crippen molar-refractivity contribution in [2.45, 2.75) is 58.1 Å². The molecule has 1 aromatic carbocycles. The fourth-order valence-electron chi connectivity index (χ4n) is 2.87. The molecule has 1 aromatic rings. The summed E-state index contributed by atoms with van der Waals surface area (Å²) in [4.78, 5) is 0. The Hall–Kier alpha value is -1.06. The van der Waals surface area contributed by atoms with Crippen LogP contribution in [0.3, 0.4) is 0 Å². The van der Waals surface area contributed by atoms with Gasteiger partial charge in [0.05, 0.1) is 0 Å². The molecule has 0 bridgehead atoms. The normalized spacial score (nSPS) is 17.9. The van der Waals surface area contributed by atoms with Gasteiger partial charge < -0.3 is 15.2 Å². The molecule has 2 rings (SSSR count). The topological polar surface area (TPSA) is 41.5 Å². The van der Waals surface area contributed by atoms with E-state index in [1.54, 1.807) is 0 Å². The summed E-state index contributed by atoms with van der Waals surface area (Å²) in [5, 5.41) is 13.5. The third-order valence-electron chi connectivity index (χ3n) is 4.08. The van der Waals surface area contributed by atoms with Gasteiger partial charge >= 0.3 is 0 Å². The van der Waals surface area contributed by atoms with Gasteiger partial charge in [-0.05, 0) is 37.8 Å². The van der Waals surface area contributed by atoms with Crippen LogP contribution in [0.15, 0.2) is 18.2 Å². The Labute approximate surface area is 122 Å². The summed E-state index contributed by atoms with van der Waals surface area (Å²) in [5.41, 5.74) is 2.25. The Morgan fingerprint density at radius 2 is 1.85 bits per heavy atom. The van der Waals surface area contributed by atoms with Crippen LogP contribution in [0.2, 0.25) is 0 Å². The molecule has 0 aromatic heterocycles. The minimum Gasteiger partial charge on any atom is -0.490 e. The summed E-state index contributed by atoms with van der Waals surface area (Å²) in [6.45, 7) is 5.05. The van der Waals surface area contributed by atoms with E-state index in [0.29, 0.717) is 19.2 Å².